The van der Waals surface area contributed by atoms with Gasteiger partial charge in [-0.05, 0) is 31.2 Å². The largest absolute Gasteiger partial charge is 0.492 e. The number of benzene rings is 1. The Kier molecular flexibility index (Phi) is 7.07. The van der Waals surface area contributed by atoms with Gasteiger partial charge in [0, 0.05) is 25.6 Å². The molecule has 0 saturated heterocycles. The molecule has 7 heteroatoms. The van der Waals surface area contributed by atoms with E-state index in [4.69, 9.17) is 9.15 Å². The Labute approximate surface area is 139 Å². The van der Waals surface area contributed by atoms with Crippen molar-refractivity contribution in [2.24, 2.45) is 4.99 Å². The van der Waals surface area contributed by atoms with E-state index in [1.54, 1.807) is 6.26 Å². The van der Waals surface area contributed by atoms with E-state index in [2.05, 4.69) is 15.6 Å². The lowest BCUT2D eigenvalue weighted by atomic mass is 10.3. The quantitative estimate of drug-likeness (QED) is 0.442. The number of halogens is 2. The summed E-state index contributed by atoms with van der Waals surface area (Å²) >= 11 is 0. The number of hydrogen-bond acceptors (Lipinski definition) is 3. The summed E-state index contributed by atoms with van der Waals surface area (Å²) in [7, 11) is 0. The van der Waals surface area contributed by atoms with Crippen LogP contribution in [0.5, 0.6) is 5.75 Å². The Morgan fingerprint density at radius 3 is 2.79 bits per heavy atom. The summed E-state index contributed by atoms with van der Waals surface area (Å²) in [5.74, 6) is 0.0246. The van der Waals surface area contributed by atoms with Gasteiger partial charge in [-0.3, -0.25) is 4.99 Å². The first-order valence-electron chi connectivity index (χ1n) is 7.81. The second-order valence-corrected chi connectivity index (χ2v) is 4.94. The number of nitrogens with zero attached hydrogens (tertiary/aromatic N) is 1. The number of hydrogen-bond donors (Lipinski definition) is 2. The smallest absolute Gasteiger partial charge is 0.191 e. The standard InChI is InChI=1S/C17H21F2N3O2/c1-2-20-17(21-8-7-13-4-3-10-23-13)22-9-11-24-14-5-6-15(18)16(19)12-14/h3-6,10,12H,2,7-9,11H2,1H3,(H2,20,21,22). The molecule has 2 rings (SSSR count). The Morgan fingerprint density at radius 2 is 2.08 bits per heavy atom. The second-order valence-electron chi connectivity index (χ2n) is 4.94. The van der Waals surface area contributed by atoms with Gasteiger partial charge in [0.05, 0.1) is 12.8 Å². The Balaban J connectivity index is 1.73. The minimum absolute atomic E-state index is 0.287. The van der Waals surface area contributed by atoms with E-state index >= 15 is 0 Å². The molecule has 0 amide bonds. The summed E-state index contributed by atoms with van der Waals surface area (Å²) in [5, 5.41) is 6.23. The average molecular weight is 337 g/mol. The molecule has 0 saturated carbocycles. The van der Waals surface area contributed by atoms with Gasteiger partial charge in [-0.25, -0.2) is 8.78 Å². The summed E-state index contributed by atoms with van der Waals surface area (Å²) in [6, 6.07) is 7.21. The third kappa shape index (κ3) is 5.91. The molecule has 0 fully saturated rings. The predicted octanol–water partition coefficient (Wildman–Crippen LogP) is 2.73. The summed E-state index contributed by atoms with van der Waals surface area (Å²) in [4.78, 5) is 4.43. The topological polar surface area (TPSA) is 58.8 Å². The van der Waals surface area contributed by atoms with Crippen LogP contribution in [0, 0.1) is 11.6 Å². The summed E-state index contributed by atoms with van der Waals surface area (Å²) in [5.41, 5.74) is 0. The SMILES string of the molecule is CCNC(=NCCc1ccco1)NCCOc1ccc(F)c(F)c1. The van der Waals surface area contributed by atoms with Crippen molar-refractivity contribution >= 4 is 5.96 Å². The van der Waals surface area contributed by atoms with Crippen LogP contribution in [0.15, 0.2) is 46.0 Å². The third-order valence-corrected chi connectivity index (χ3v) is 3.11. The van der Waals surface area contributed by atoms with Crippen LogP contribution in [0.4, 0.5) is 8.78 Å². The highest BCUT2D eigenvalue weighted by atomic mass is 19.2. The average Bonchev–Trinajstić information content (AvgIpc) is 3.08. The van der Waals surface area contributed by atoms with Crippen LogP contribution in [0.1, 0.15) is 12.7 Å². The Hall–Kier alpha value is -2.57. The van der Waals surface area contributed by atoms with E-state index in [1.807, 2.05) is 19.1 Å². The lowest BCUT2D eigenvalue weighted by Crippen LogP contribution is -2.39. The first-order valence-corrected chi connectivity index (χ1v) is 7.81. The summed E-state index contributed by atoms with van der Waals surface area (Å²) in [6.45, 7) is 4.07. The van der Waals surface area contributed by atoms with Crippen LogP contribution in [0.25, 0.3) is 0 Å². The van der Waals surface area contributed by atoms with E-state index in [-0.39, 0.29) is 5.75 Å². The fraction of sp³-hybridized carbons (Fsp3) is 0.353. The molecule has 0 bridgehead atoms. The van der Waals surface area contributed by atoms with E-state index in [1.165, 1.54) is 6.07 Å². The lowest BCUT2D eigenvalue weighted by Gasteiger charge is -2.12. The highest BCUT2D eigenvalue weighted by molar-refractivity contribution is 5.79. The van der Waals surface area contributed by atoms with Gasteiger partial charge in [0.1, 0.15) is 18.1 Å². The molecular formula is C17H21F2N3O2. The number of rotatable bonds is 8. The molecule has 0 radical (unpaired) electrons. The number of guanidine groups is 1. The van der Waals surface area contributed by atoms with Crippen molar-refractivity contribution in [1.82, 2.24) is 10.6 Å². The van der Waals surface area contributed by atoms with Crippen molar-refractivity contribution < 1.29 is 17.9 Å². The van der Waals surface area contributed by atoms with Crippen molar-refractivity contribution in [2.75, 3.05) is 26.2 Å². The fourth-order valence-electron chi connectivity index (χ4n) is 1.98. The fourth-order valence-corrected chi connectivity index (χ4v) is 1.98. The Bertz CT molecular complexity index is 645. The van der Waals surface area contributed by atoms with E-state index in [0.717, 1.165) is 30.9 Å². The monoisotopic (exact) mass is 337 g/mol. The van der Waals surface area contributed by atoms with Crippen LogP contribution >= 0.6 is 0 Å². The zero-order valence-corrected chi connectivity index (χ0v) is 13.5. The molecule has 2 aromatic rings. The third-order valence-electron chi connectivity index (χ3n) is 3.11. The van der Waals surface area contributed by atoms with Crippen LogP contribution in [0.3, 0.4) is 0 Å². The molecule has 0 atom stereocenters. The number of nitrogens with one attached hydrogen (secondary N) is 2. The number of furan rings is 1. The van der Waals surface area contributed by atoms with Gasteiger partial charge in [-0.1, -0.05) is 0 Å². The van der Waals surface area contributed by atoms with Crippen molar-refractivity contribution in [3.8, 4) is 5.75 Å². The van der Waals surface area contributed by atoms with Gasteiger partial charge in [0.15, 0.2) is 17.6 Å². The normalized spacial score (nSPS) is 11.4. The highest BCUT2D eigenvalue weighted by Gasteiger charge is 2.03. The van der Waals surface area contributed by atoms with Crippen molar-refractivity contribution in [3.05, 3.63) is 54.0 Å². The summed E-state index contributed by atoms with van der Waals surface area (Å²) < 4.78 is 36.5. The van der Waals surface area contributed by atoms with Gasteiger partial charge in [-0.2, -0.15) is 0 Å². The Morgan fingerprint density at radius 1 is 1.21 bits per heavy atom. The summed E-state index contributed by atoms with van der Waals surface area (Å²) in [6.07, 6.45) is 2.35. The van der Waals surface area contributed by atoms with Gasteiger partial charge in [0.25, 0.3) is 0 Å². The van der Waals surface area contributed by atoms with Gasteiger partial charge >= 0.3 is 0 Å². The predicted molar refractivity (Wildman–Crippen MR) is 88.2 cm³/mol. The molecule has 24 heavy (non-hydrogen) atoms. The van der Waals surface area contributed by atoms with Crippen LogP contribution in [0.2, 0.25) is 0 Å². The molecule has 0 aliphatic heterocycles. The molecule has 1 aromatic carbocycles. The zero-order chi connectivity index (χ0) is 17.2. The molecule has 2 N–H and O–H groups in total. The molecule has 0 unspecified atom stereocenters. The van der Waals surface area contributed by atoms with Gasteiger partial charge in [0.2, 0.25) is 0 Å². The maximum Gasteiger partial charge on any atom is 0.191 e. The van der Waals surface area contributed by atoms with Crippen LogP contribution < -0.4 is 15.4 Å². The van der Waals surface area contributed by atoms with E-state index in [9.17, 15) is 8.78 Å². The minimum atomic E-state index is -0.923. The first-order chi connectivity index (χ1) is 11.7. The molecule has 1 aromatic heterocycles. The molecule has 1 heterocycles. The van der Waals surface area contributed by atoms with Gasteiger partial charge in [-0.15, -0.1) is 0 Å². The maximum atomic E-state index is 13.1. The van der Waals surface area contributed by atoms with Gasteiger partial charge < -0.3 is 19.8 Å². The van der Waals surface area contributed by atoms with E-state index < -0.39 is 11.6 Å². The molecule has 0 aliphatic carbocycles. The van der Waals surface area contributed by atoms with Crippen molar-refractivity contribution in [2.45, 2.75) is 13.3 Å². The first kappa shape index (κ1) is 17.8. The molecule has 0 spiro atoms. The van der Waals surface area contributed by atoms with E-state index in [0.29, 0.717) is 25.7 Å². The maximum absolute atomic E-state index is 13.1. The van der Waals surface area contributed by atoms with Crippen molar-refractivity contribution in [1.29, 1.82) is 0 Å². The lowest BCUT2D eigenvalue weighted by molar-refractivity contribution is 0.318. The molecule has 5 nitrogen and oxygen atoms in total. The zero-order valence-electron chi connectivity index (χ0n) is 13.5. The van der Waals surface area contributed by atoms with Crippen molar-refractivity contribution in [3.63, 3.8) is 0 Å². The van der Waals surface area contributed by atoms with Crippen LogP contribution in [-0.4, -0.2) is 32.2 Å². The minimum Gasteiger partial charge on any atom is -0.492 e. The molecular weight excluding hydrogens is 316 g/mol. The van der Waals surface area contributed by atoms with Crippen LogP contribution in [-0.2, 0) is 6.42 Å². The number of aliphatic imine (C=N–C) groups is 1. The number of ether oxygens (including phenoxy) is 1. The molecule has 130 valence electrons. The second kappa shape index (κ2) is 9.54. The molecule has 0 aliphatic rings. The highest BCUT2D eigenvalue weighted by Crippen LogP contribution is 2.14.